The van der Waals surface area contributed by atoms with Crippen molar-refractivity contribution in [3.8, 4) is 0 Å². The van der Waals surface area contributed by atoms with Crippen molar-refractivity contribution >= 4 is 61.2 Å². The summed E-state index contributed by atoms with van der Waals surface area (Å²) in [6, 6.07) is 6.24. The van der Waals surface area contributed by atoms with Crippen LogP contribution >= 0.6 is 43.5 Å². The second-order valence-electron chi connectivity index (χ2n) is 4.13. The molecule has 0 aliphatic heterocycles. The number of fused-ring (bicyclic) bond motifs is 1. The fraction of sp³-hybridized carbons (Fsp3) is 0.500. The van der Waals surface area contributed by atoms with Gasteiger partial charge < -0.3 is 10.5 Å². The van der Waals surface area contributed by atoms with Gasteiger partial charge in [-0.15, -0.1) is 0 Å². The minimum atomic E-state index is -0.329. The van der Waals surface area contributed by atoms with Crippen molar-refractivity contribution < 1.29 is 9.59 Å². The van der Waals surface area contributed by atoms with Crippen molar-refractivity contribution in [1.82, 2.24) is 0 Å². The molecule has 1 aliphatic rings. The number of rotatable bonds is 3. The Hall–Kier alpha value is -0.390. The van der Waals surface area contributed by atoms with Crippen molar-refractivity contribution in [3.63, 3.8) is 0 Å². The maximum Gasteiger partial charge on any atom is 0.235 e. The van der Waals surface area contributed by atoms with Crippen LogP contribution in [0.1, 0.15) is 37.8 Å². The first-order valence-electron chi connectivity index (χ1n) is 7.10. The zero-order chi connectivity index (χ0) is 17.5. The summed E-state index contributed by atoms with van der Waals surface area (Å²) in [7, 11) is 0. The molecule has 126 valence electrons. The highest BCUT2D eigenvalue weighted by Crippen LogP contribution is 2.23. The number of hydrogen-bond acceptors (Lipinski definition) is 3. The average molecular weight is 458 g/mol. The zero-order valence-corrected chi connectivity index (χ0v) is 17.0. The van der Waals surface area contributed by atoms with Gasteiger partial charge in [-0.25, -0.2) is 0 Å². The Kier molecular flexibility index (Phi) is 16.8. The third-order valence-corrected chi connectivity index (χ3v) is 4.59. The number of carbonyl (C=O) groups excluding carboxylic acids is 2. The second kappa shape index (κ2) is 15.5. The van der Waals surface area contributed by atoms with E-state index in [0.717, 1.165) is 17.4 Å². The maximum atomic E-state index is 10.2. The molecule has 1 atom stereocenters. The lowest BCUT2D eigenvalue weighted by Gasteiger charge is -1.98. The summed E-state index contributed by atoms with van der Waals surface area (Å²) in [4.78, 5) is 18.0. The minimum absolute atomic E-state index is 0.191. The lowest BCUT2D eigenvalue weighted by atomic mass is 10.1. The molecular formula is C16H24Br2ClNO2. The Labute approximate surface area is 155 Å². The first-order valence-corrected chi connectivity index (χ1v) is 9.51. The molecule has 22 heavy (non-hydrogen) atoms. The van der Waals surface area contributed by atoms with Crippen LogP contribution in [0.3, 0.4) is 0 Å². The fourth-order valence-electron chi connectivity index (χ4n) is 1.80. The van der Waals surface area contributed by atoms with E-state index in [9.17, 15) is 4.79 Å². The van der Waals surface area contributed by atoms with Gasteiger partial charge in [0.05, 0.1) is 4.83 Å². The summed E-state index contributed by atoms with van der Waals surface area (Å²) in [5, 5.41) is 0.464. The number of halogens is 3. The Bertz CT molecular complexity index is 431. The van der Waals surface area contributed by atoms with Gasteiger partial charge in [0.15, 0.2) is 0 Å². The Morgan fingerprint density at radius 3 is 2.32 bits per heavy atom. The molecule has 0 radical (unpaired) electrons. The van der Waals surface area contributed by atoms with Crippen molar-refractivity contribution in [1.29, 1.82) is 0 Å². The van der Waals surface area contributed by atoms with Crippen LogP contribution in [0.5, 0.6) is 0 Å². The second-order valence-corrected chi connectivity index (χ2v) is 6.40. The summed E-state index contributed by atoms with van der Waals surface area (Å²) in [6.07, 6.45) is 4.51. The number of aryl methyl sites for hydroxylation is 2. The lowest BCUT2D eigenvalue weighted by Crippen LogP contribution is -2.06. The van der Waals surface area contributed by atoms with Gasteiger partial charge in [0, 0.05) is 11.0 Å². The summed E-state index contributed by atoms with van der Waals surface area (Å²) in [5.41, 5.74) is 9.49. The highest BCUT2D eigenvalue weighted by Gasteiger charge is 2.09. The van der Waals surface area contributed by atoms with Gasteiger partial charge in [-0.3, -0.25) is 4.79 Å². The van der Waals surface area contributed by atoms with Crippen LogP contribution in [0.4, 0.5) is 5.69 Å². The fourth-order valence-corrected chi connectivity index (χ4v) is 3.21. The van der Waals surface area contributed by atoms with E-state index in [1.54, 1.807) is 0 Å². The molecule has 0 fully saturated rings. The standard InChI is InChI=1S/C9H11N.C4H5Br2ClO.C2H6.CH2O/c10-9-5-4-7-2-1-3-8(7)6-9;5-2-1-3(6)4(7)8;2*1-2/h4-6H,1-3,10H2;3H,1-2H2;1-2H3;1H2. The highest BCUT2D eigenvalue weighted by atomic mass is 79.9. The van der Waals surface area contributed by atoms with E-state index in [2.05, 4.69) is 44.0 Å². The smallest absolute Gasteiger partial charge is 0.235 e. The van der Waals surface area contributed by atoms with Gasteiger partial charge in [0.1, 0.15) is 6.79 Å². The molecule has 0 spiro atoms. The Balaban J connectivity index is 0. The van der Waals surface area contributed by atoms with E-state index < -0.39 is 0 Å². The van der Waals surface area contributed by atoms with Crippen molar-refractivity contribution in [2.75, 3.05) is 11.1 Å². The third-order valence-electron chi connectivity index (χ3n) is 2.73. The summed E-state index contributed by atoms with van der Waals surface area (Å²) in [5.74, 6) is 0. The number of hydrogen-bond donors (Lipinski definition) is 1. The SMILES string of the molecule is C=O.CC.Nc1ccc2c(c1)CCC2.O=C(Cl)C(Br)CCBr. The van der Waals surface area contributed by atoms with E-state index in [1.165, 1.54) is 30.4 Å². The zero-order valence-electron chi connectivity index (χ0n) is 13.1. The molecule has 0 bridgehead atoms. The van der Waals surface area contributed by atoms with Crippen molar-refractivity contribution in [2.24, 2.45) is 0 Å². The van der Waals surface area contributed by atoms with Gasteiger partial charge in [-0.2, -0.15) is 0 Å². The quantitative estimate of drug-likeness (QED) is 0.399. The molecule has 0 aromatic heterocycles. The van der Waals surface area contributed by atoms with E-state index in [0.29, 0.717) is 0 Å². The molecule has 0 saturated heterocycles. The predicted octanol–water partition coefficient (Wildman–Crippen LogP) is 4.90. The molecule has 0 saturated carbocycles. The van der Waals surface area contributed by atoms with E-state index in [1.807, 2.05) is 26.7 Å². The van der Waals surface area contributed by atoms with Crippen LogP contribution in [0, 0.1) is 0 Å². The normalized spacial score (nSPS) is 12.2. The monoisotopic (exact) mass is 455 g/mol. The topological polar surface area (TPSA) is 60.2 Å². The summed E-state index contributed by atoms with van der Waals surface area (Å²) in [6.45, 7) is 6.00. The molecule has 6 heteroatoms. The molecule has 3 nitrogen and oxygen atoms in total. The van der Waals surface area contributed by atoms with E-state index in [4.69, 9.17) is 22.1 Å². The molecule has 2 N–H and O–H groups in total. The van der Waals surface area contributed by atoms with Crippen LogP contribution in [0.2, 0.25) is 0 Å². The molecule has 1 aliphatic carbocycles. The first-order chi connectivity index (χ1) is 10.5. The highest BCUT2D eigenvalue weighted by molar-refractivity contribution is 9.10. The summed E-state index contributed by atoms with van der Waals surface area (Å²) < 4.78 is 0. The van der Waals surface area contributed by atoms with Crippen LogP contribution in [0.15, 0.2) is 18.2 Å². The number of anilines is 1. The third kappa shape index (κ3) is 10.4. The number of nitrogens with two attached hydrogens (primary N) is 1. The van der Waals surface area contributed by atoms with Gasteiger partial charge >= 0.3 is 0 Å². The largest absolute Gasteiger partial charge is 0.399 e. The van der Waals surface area contributed by atoms with Crippen molar-refractivity contribution in [2.45, 2.75) is 44.4 Å². The van der Waals surface area contributed by atoms with Gasteiger partial charge in [-0.1, -0.05) is 51.8 Å². The van der Waals surface area contributed by atoms with Gasteiger partial charge in [0.2, 0.25) is 5.24 Å². The maximum absolute atomic E-state index is 10.2. The van der Waals surface area contributed by atoms with Crippen LogP contribution in [0.25, 0.3) is 0 Å². The number of benzene rings is 1. The first kappa shape index (κ1) is 23.9. The van der Waals surface area contributed by atoms with Gasteiger partial charge in [-0.05, 0) is 60.5 Å². The van der Waals surface area contributed by atoms with E-state index in [-0.39, 0.29) is 10.1 Å². The molecule has 0 heterocycles. The van der Waals surface area contributed by atoms with Crippen LogP contribution < -0.4 is 5.73 Å². The molecule has 1 unspecified atom stereocenters. The lowest BCUT2D eigenvalue weighted by molar-refractivity contribution is -0.111. The molecule has 1 aromatic rings. The summed E-state index contributed by atoms with van der Waals surface area (Å²) >= 11 is 11.4. The molecule has 0 amide bonds. The Morgan fingerprint density at radius 1 is 1.32 bits per heavy atom. The molecule has 2 rings (SSSR count). The number of nitrogen functional groups attached to an aromatic ring is 1. The Morgan fingerprint density at radius 2 is 1.86 bits per heavy atom. The van der Waals surface area contributed by atoms with Crippen molar-refractivity contribution in [3.05, 3.63) is 29.3 Å². The average Bonchev–Trinajstić information content (AvgIpc) is 2.99. The minimum Gasteiger partial charge on any atom is -0.399 e. The van der Waals surface area contributed by atoms with Crippen LogP contribution in [-0.4, -0.2) is 22.2 Å². The predicted molar refractivity (Wildman–Crippen MR) is 103 cm³/mol. The molecular weight excluding hydrogens is 433 g/mol. The van der Waals surface area contributed by atoms with Crippen LogP contribution in [-0.2, 0) is 22.4 Å². The number of carbonyl (C=O) groups is 2. The van der Waals surface area contributed by atoms with E-state index >= 15 is 0 Å². The number of alkyl halides is 2. The molecule has 1 aromatic carbocycles. The van der Waals surface area contributed by atoms with Gasteiger partial charge in [0.25, 0.3) is 0 Å².